The molecular formula is C11H8ClFN2O2. The van der Waals surface area contributed by atoms with Crippen molar-refractivity contribution in [2.45, 2.75) is 6.54 Å². The first-order chi connectivity index (χ1) is 8.06. The molecular weight excluding hydrogens is 247 g/mol. The van der Waals surface area contributed by atoms with Crippen molar-refractivity contribution in [2.75, 3.05) is 0 Å². The minimum Gasteiger partial charge on any atom is -0.480 e. The van der Waals surface area contributed by atoms with Crippen molar-refractivity contribution in [3.63, 3.8) is 0 Å². The van der Waals surface area contributed by atoms with Crippen LogP contribution in [-0.4, -0.2) is 20.9 Å². The number of aromatic nitrogens is 2. The van der Waals surface area contributed by atoms with Gasteiger partial charge in [-0.15, -0.1) is 0 Å². The molecule has 0 amide bonds. The van der Waals surface area contributed by atoms with Crippen LogP contribution >= 0.6 is 11.6 Å². The maximum absolute atomic E-state index is 13.2. The predicted octanol–water partition coefficient (Wildman–Crippen LogP) is 2.43. The maximum Gasteiger partial charge on any atom is 0.325 e. The summed E-state index contributed by atoms with van der Waals surface area (Å²) in [4.78, 5) is 10.5. The topological polar surface area (TPSA) is 55.1 Å². The zero-order valence-electron chi connectivity index (χ0n) is 8.60. The van der Waals surface area contributed by atoms with E-state index < -0.39 is 11.8 Å². The molecule has 0 radical (unpaired) electrons. The molecule has 0 unspecified atom stereocenters. The molecule has 0 saturated heterocycles. The molecule has 0 fully saturated rings. The molecule has 1 heterocycles. The summed E-state index contributed by atoms with van der Waals surface area (Å²) >= 11 is 5.57. The highest BCUT2D eigenvalue weighted by Crippen LogP contribution is 2.23. The fourth-order valence-corrected chi connectivity index (χ4v) is 1.53. The molecule has 1 aromatic carbocycles. The van der Waals surface area contributed by atoms with Crippen LogP contribution in [0.5, 0.6) is 0 Å². The van der Waals surface area contributed by atoms with Crippen LogP contribution in [-0.2, 0) is 11.3 Å². The molecule has 1 N–H and O–H groups in total. The van der Waals surface area contributed by atoms with Gasteiger partial charge in [-0.3, -0.25) is 9.48 Å². The smallest absolute Gasteiger partial charge is 0.325 e. The van der Waals surface area contributed by atoms with Gasteiger partial charge in [0.25, 0.3) is 0 Å². The van der Waals surface area contributed by atoms with E-state index in [9.17, 15) is 9.18 Å². The van der Waals surface area contributed by atoms with Crippen molar-refractivity contribution in [3.8, 4) is 11.1 Å². The summed E-state index contributed by atoms with van der Waals surface area (Å²) < 4.78 is 14.5. The molecule has 88 valence electrons. The Morgan fingerprint density at radius 2 is 2.24 bits per heavy atom. The summed E-state index contributed by atoms with van der Waals surface area (Å²) in [6.07, 6.45) is 3.02. The average molecular weight is 255 g/mol. The van der Waals surface area contributed by atoms with E-state index >= 15 is 0 Å². The second-order valence-corrected chi connectivity index (χ2v) is 3.86. The first-order valence-corrected chi connectivity index (χ1v) is 5.14. The van der Waals surface area contributed by atoms with E-state index in [1.807, 2.05) is 0 Å². The third-order valence-corrected chi connectivity index (χ3v) is 2.49. The van der Waals surface area contributed by atoms with Gasteiger partial charge in [-0.05, 0) is 17.7 Å². The summed E-state index contributed by atoms with van der Waals surface area (Å²) in [7, 11) is 0. The molecule has 2 aromatic rings. The van der Waals surface area contributed by atoms with Gasteiger partial charge in [-0.2, -0.15) is 5.10 Å². The van der Waals surface area contributed by atoms with Crippen molar-refractivity contribution in [1.29, 1.82) is 0 Å². The predicted molar refractivity (Wildman–Crippen MR) is 60.3 cm³/mol. The molecule has 0 aliphatic carbocycles. The molecule has 0 spiro atoms. The summed E-state index contributed by atoms with van der Waals surface area (Å²) in [6.45, 7) is -0.226. The molecule has 1 aromatic heterocycles. The Hall–Kier alpha value is -1.88. The highest BCUT2D eigenvalue weighted by Gasteiger charge is 2.07. The molecule has 0 bridgehead atoms. The van der Waals surface area contributed by atoms with Gasteiger partial charge < -0.3 is 5.11 Å². The van der Waals surface area contributed by atoms with E-state index in [-0.39, 0.29) is 11.6 Å². The van der Waals surface area contributed by atoms with Crippen molar-refractivity contribution >= 4 is 17.6 Å². The van der Waals surface area contributed by atoms with Gasteiger partial charge >= 0.3 is 5.97 Å². The lowest BCUT2D eigenvalue weighted by atomic mass is 10.1. The largest absolute Gasteiger partial charge is 0.480 e. The quantitative estimate of drug-likeness (QED) is 0.915. The second kappa shape index (κ2) is 4.55. The van der Waals surface area contributed by atoms with E-state index in [1.54, 1.807) is 6.07 Å². The van der Waals surface area contributed by atoms with Crippen molar-refractivity contribution < 1.29 is 14.3 Å². The lowest BCUT2D eigenvalue weighted by Gasteiger charge is -1.99. The Labute approximate surface area is 101 Å². The van der Waals surface area contributed by atoms with E-state index in [0.717, 1.165) is 0 Å². The first-order valence-electron chi connectivity index (χ1n) is 4.76. The second-order valence-electron chi connectivity index (χ2n) is 3.45. The fraction of sp³-hybridized carbons (Fsp3) is 0.0909. The minimum absolute atomic E-state index is 0.0478. The number of benzene rings is 1. The SMILES string of the molecule is O=C(O)Cn1cc(-c2ccc(Cl)c(F)c2)cn1. The van der Waals surface area contributed by atoms with E-state index in [2.05, 4.69) is 5.10 Å². The number of hydrogen-bond donors (Lipinski definition) is 1. The van der Waals surface area contributed by atoms with Crippen LogP contribution in [0.15, 0.2) is 30.6 Å². The number of nitrogens with zero attached hydrogens (tertiary/aromatic N) is 2. The van der Waals surface area contributed by atoms with Gasteiger partial charge in [0, 0.05) is 11.8 Å². The van der Waals surface area contributed by atoms with Crippen LogP contribution in [0.2, 0.25) is 5.02 Å². The summed E-state index contributed by atoms with van der Waals surface area (Å²) in [5, 5.41) is 12.5. The van der Waals surface area contributed by atoms with Crippen LogP contribution < -0.4 is 0 Å². The number of rotatable bonds is 3. The van der Waals surface area contributed by atoms with Gasteiger partial charge in [0.2, 0.25) is 0 Å². The number of halogens is 2. The minimum atomic E-state index is -0.984. The molecule has 4 nitrogen and oxygen atoms in total. The van der Waals surface area contributed by atoms with Gasteiger partial charge in [0.05, 0.1) is 11.2 Å². The monoisotopic (exact) mass is 254 g/mol. The first kappa shape index (κ1) is 11.6. The van der Waals surface area contributed by atoms with Crippen LogP contribution in [0.1, 0.15) is 0 Å². The van der Waals surface area contributed by atoms with E-state index in [0.29, 0.717) is 11.1 Å². The third kappa shape index (κ3) is 2.62. The molecule has 0 aliphatic heterocycles. The van der Waals surface area contributed by atoms with Gasteiger partial charge in [0.1, 0.15) is 12.4 Å². The normalized spacial score (nSPS) is 10.5. The maximum atomic E-state index is 13.2. The van der Waals surface area contributed by atoms with Crippen molar-refractivity contribution in [2.24, 2.45) is 0 Å². The number of carboxylic acid groups (broad SMARTS) is 1. The molecule has 17 heavy (non-hydrogen) atoms. The number of carbonyl (C=O) groups is 1. The highest BCUT2D eigenvalue weighted by molar-refractivity contribution is 6.30. The summed E-state index contributed by atoms with van der Waals surface area (Å²) in [5.41, 5.74) is 1.24. The Kier molecular flexibility index (Phi) is 3.10. The molecule has 0 saturated carbocycles. The van der Waals surface area contributed by atoms with Gasteiger partial charge in [-0.25, -0.2) is 4.39 Å². The number of carboxylic acids is 1. The number of aliphatic carboxylic acids is 1. The van der Waals surface area contributed by atoms with Gasteiger partial charge in [-0.1, -0.05) is 17.7 Å². The summed E-state index contributed by atoms with van der Waals surface area (Å²) in [5.74, 6) is -1.50. The lowest BCUT2D eigenvalue weighted by molar-refractivity contribution is -0.137. The Morgan fingerprint density at radius 1 is 1.47 bits per heavy atom. The molecule has 0 aliphatic rings. The fourth-order valence-electron chi connectivity index (χ4n) is 1.41. The van der Waals surface area contributed by atoms with Crippen LogP contribution in [0.3, 0.4) is 0 Å². The van der Waals surface area contributed by atoms with Crippen LogP contribution in [0.4, 0.5) is 4.39 Å². The molecule has 6 heteroatoms. The standard InChI is InChI=1S/C11H8ClFN2O2/c12-9-2-1-7(3-10(9)13)8-4-14-15(5-8)6-11(16)17/h1-5H,6H2,(H,16,17). The highest BCUT2D eigenvalue weighted by atomic mass is 35.5. The van der Waals surface area contributed by atoms with Crippen LogP contribution in [0, 0.1) is 5.82 Å². The Balaban J connectivity index is 2.30. The van der Waals surface area contributed by atoms with Gasteiger partial charge in [0.15, 0.2) is 0 Å². The lowest BCUT2D eigenvalue weighted by Crippen LogP contribution is -2.08. The zero-order valence-corrected chi connectivity index (χ0v) is 9.36. The van der Waals surface area contributed by atoms with E-state index in [1.165, 1.54) is 29.2 Å². The Morgan fingerprint density at radius 3 is 2.88 bits per heavy atom. The third-order valence-electron chi connectivity index (χ3n) is 2.18. The molecule has 0 atom stereocenters. The Bertz CT molecular complexity index is 568. The molecule has 2 rings (SSSR count). The van der Waals surface area contributed by atoms with Crippen molar-refractivity contribution in [1.82, 2.24) is 9.78 Å². The van der Waals surface area contributed by atoms with E-state index in [4.69, 9.17) is 16.7 Å². The average Bonchev–Trinajstić information content (AvgIpc) is 2.69. The van der Waals surface area contributed by atoms with Crippen molar-refractivity contribution in [3.05, 3.63) is 41.4 Å². The summed E-state index contributed by atoms with van der Waals surface area (Å²) in [6, 6.07) is 4.37. The zero-order chi connectivity index (χ0) is 12.4. The number of hydrogen-bond acceptors (Lipinski definition) is 2. The van der Waals surface area contributed by atoms with Crippen LogP contribution in [0.25, 0.3) is 11.1 Å².